The monoisotopic (exact) mass is 288 g/mol. The van der Waals surface area contributed by atoms with E-state index in [-0.39, 0.29) is 5.92 Å². The van der Waals surface area contributed by atoms with E-state index in [0.29, 0.717) is 6.42 Å². The van der Waals surface area contributed by atoms with E-state index in [2.05, 4.69) is 5.10 Å². The van der Waals surface area contributed by atoms with E-state index in [4.69, 9.17) is 0 Å². The van der Waals surface area contributed by atoms with E-state index >= 15 is 0 Å². The maximum atomic E-state index is 10.4. The number of hydrogen-bond donors (Lipinski definition) is 2. The van der Waals surface area contributed by atoms with Gasteiger partial charge < -0.3 is 10.2 Å². The van der Waals surface area contributed by atoms with Gasteiger partial charge in [0, 0.05) is 18.9 Å². The number of para-hydroxylation sites is 1. The van der Waals surface area contributed by atoms with Gasteiger partial charge in [-0.15, -0.1) is 0 Å². The number of hydrogen-bond acceptors (Lipinski definition) is 3. The van der Waals surface area contributed by atoms with E-state index in [0.717, 1.165) is 29.4 Å². The molecule has 0 amide bonds. The second-order valence-corrected chi connectivity index (χ2v) is 6.25. The van der Waals surface area contributed by atoms with Gasteiger partial charge in [-0.2, -0.15) is 5.10 Å². The Morgan fingerprint density at radius 1 is 1.19 bits per heavy atom. The van der Waals surface area contributed by atoms with Crippen molar-refractivity contribution in [3.8, 4) is 0 Å². The van der Waals surface area contributed by atoms with Crippen molar-refractivity contribution in [1.82, 2.24) is 9.78 Å². The first kappa shape index (κ1) is 14.5. The van der Waals surface area contributed by atoms with Crippen LogP contribution in [0.4, 0.5) is 0 Å². The Balaban J connectivity index is 1.75. The lowest BCUT2D eigenvalue weighted by molar-refractivity contribution is -0.0266. The molecule has 1 saturated carbocycles. The van der Waals surface area contributed by atoms with Gasteiger partial charge in [0.2, 0.25) is 0 Å². The van der Waals surface area contributed by atoms with Gasteiger partial charge in [-0.3, -0.25) is 4.68 Å². The van der Waals surface area contributed by atoms with Gasteiger partial charge in [-0.25, -0.2) is 0 Å². The van der Waals surface area contributed by atoms with Crippen LogP contribution in [0.5, 0.6) is 0 Å². The summed E-state index contributed by atoms with van der Waals surface area (Å²) in [4.78, 5) is 0. The smallest absolute Gasteiger partial charge is 0.0858 e. The van der Waals surface area contributed by atoms with Gasteiger partial charge in [-0.1, -0.05) is 37.5 Å². The molecule has 0 aliphatic heterocycles. The molecule has 2 unspecified atom stereocenters. The van der Waals surface area contributed by atoms with Gasteiger partial charge in [-0.05, 0) is 24.8 Å². The third-order valence-corrected chi connectivity index (χ3v) is 4.76. The Morgan fingerprint density at radius 3 is 2.67 bits per heavy atom. The zero-order valence-electron chi connectivity index (χ0n) is 12.6. The van der Waals surface area contributed by atoms with Crippen molar-refractivity contribution in [1.29, 1.82) is 0 Å². The minimum atomic E-state index is -0.730. The number of aliphatic hydroxyl groups is 2. The maximum Gasteiger partial charge on any atom is 0.0858 e. The highest BCUT2D eigenvalue weighted by atomic mass is 16.3. The molecule has 1 aliphatic carbocycles. The summed E-state index contributed by atoms with van der Waals surface area (Å²) in [5.41, 5.74) is 1.93. The molecular weight excluding hydrogens is 264 g/mol. The molecule has 2 aromatic rings. The molecular formula is C17H24N2O2. The van der Waals surface area contributed by atoms with Gasteiger partial charge in [0.15, 0.2) is 0 Å². The van der Waals surface area contributed by atoms with Crippen LogP contribution in [0, 0.1) is 5.92 Å². The van der Waals surface area contributed by atoms with Crippen molar-refractivity contribution < 1.29 is 10.2 Å². The minimum Gasteiger partial charge on any atom is -0.390 e. The molecule has 21 heavy (non-hydrogen) atoms. The quantitative estimate of drug-likeness (QED) is 0.908. The number of aliphatic hydroxyl groups excluding tert-OH is 2. The molecule has 2 atom stereocenters. The van der Waals surface area contributed by atoms with E-state index in [1.165, 1.54) is 19.3 Å². The molecule has 0 radical (unpaired) electrons. The molecule has 4 nitrogen and oxygen atoms in total. The van der Waals surface area contributed by atoms with Gasteiger partial charge >= 0.3 is 0 Å². The standard InChI is InChI=1S/C17H24N2O2/c1-19-15-10-6-5-9-13(15)14(18-19)11-16(20)17(21)12-7-3-2-4-8-12/h5-6,9-10,12,16-17,20-21H,2-4,7-8,11H2,1H3. The first-order valence-corrected chi connectivity index (χ1v) is 7.93. The average Bonchev–Trinajstić information content (AvgIpc) is 2.84. The molecule has 3 rings (SSSR count). The van der Waals surface area contributed by atoms with Crippen LogP contribution in [0.25, 0.3) is 10.9 Å². The second-order valence-electron chi connectivity index (χ2n) is 6.25. The van der Waals surface area contributed by atoms with Crippen LogP contribution in [0.15, 0.2) is 24.3 Å². The summed E-state index contributed by atoms with van der Waals surface area (Å²) >= 11 is 0. The van der Waals surface area contributed by atoms with Crippen LogP contribution in [-0.2, 0) is 13.5 Å². The summed E-state index contributed by atoms with van der Waals surface area (Å²) in [6.07, 6.45) is 4.70. The number of fused-ring (bicyclic) bond motifs is 1. The number of benzene rings is 1. The third-order valence-electron chi connectivity index (χ3n) is 4.76. The summed E-state index contributed by atoms with van der Waals surface area (Å²) < 4.78 is 1.84. The highest BCUT2D eigenvalue weighted by molar-refractivity contribution is 5.81. The molecule has 0 saturated heterocycles. The van der Waals surface area contributed by atoms with Crippen molar-refractivity contribution in [3.05, 3.63) is 30.0 Å². The fourth-order valence-electron chi connectivity index (χ4n) is 3.55. The lowest BCUT2D eigenvalue weighted by Crippen LogP contribution is -2.36. The normalized spacial score (nSPS) is 19.8. The largest absolute Gasteiger partial charge is 0.390 e. The van der Waals surface area contributed by atoms with Crippen LogP contribution in [-0.4, -0.2) is 32.2 Å². The van der Waals surface area contributed by atoms with E-state index in [1.807, 2.05) is 36.0 Å². The first-order chi connectivity index (χ1) is 10.2. The Kier molecular flexibility index (Phi) is 4.27. The van der Waals surface area contributed by atoms with Crippen molar-refractivity contribution >= 4 is 10.9 Å². The molecule has 114 valence electrons. The summed E-state index contributed by atoms with van der Waals surface area (Å²) in [6.45, 7) is 0. The topological polar surface area (TPSA) is 58.3 Å². The molecule has 1 aliphatic rings. The summed E-state index contributed by atoms with van der Waals surface area (Å²) in [7, 11) is 1.91. The van der Waals surface area contributed by atoms with Gasteiger partial charge in [0.05, 0.1) is 23.4 Å². The van der Waals surface area contributed by atoms with Crippen molar-refractivity contribution in [2.45, 2.75) is 50.7 Å². The van der Waals surface area contributed by atoms with Crippen molar-refractivity contribution in [3.63, 3.8) is 0 Å². The molecule has 0 spiro atoms. The number of nitrogens with zero attached hydrogens (tertiary/aromatic N) is 2. The molecule has 4 heteroatoms. The molecule has 1 aromatic heterocycles. The van der Waals surface area contributed by atoms with E-state index in [9.17, 15) is 10.2 Å². The second kappa shape index (κ2) is 6.16. The number of aromatic nitrogens is 2. The predicted molar refractivity (Wildman–Crippen MR) is 83.0 cm³/mol. The molecule has 1 heterocycles. The molecule has 1 fully saturated rings. The highest BCUT2D eigenvalue weighted by Crippen LogP contribution is 2.29. The predicted octanol–water partition coefficient (Wildman–Crippen LogP) is 2.42. The SMILES string of the molecule is Cn1nc(CC(O)C(O)C2CCCCC2)c2ccccc21. The van der Waals surface area contributed by atoms with Crippen LogP contribution in [0.3, 0.4) is 0 Å². The number of rotatable bonds is 4. The van der Waals surface area contributed by atoms with Crippen LogP contribution in [0.2, 0.25) is 0 Å². The molecule has 0 bridgehead atoms. The zero-order valence-corrected chi connectivity index (χ0v) is 12.6. The number of aryl methyl sites for hydroxylation is 1. The minimum absolute atomic E-state index is 0.240. The molecule has 1 aromatic carbocycles. The highest BCUT2D eigenvalue weighted by Gasteiger charge is 2.28. The van der Waals surface area contributed by atoms with E-state index in [1.54, 1.807) is 0 Å². The fraction of sp³-hybridized carbons (Fsp3) is 0.588. The maximum absolute atomic E-state index is 10.4. The lowest BCUT2D eigenvalue weighted by atomic mass is 9.82. The third kappa shape index (κ3) is 2.97. The Labute approximate surface area is 125 Å². The Bertz CT molecular complexity index is 602. The molecule has 2 N–H and O–H groups in total. The summed E-state index contributed by atoms with van der Waals surface area (Å²) in [5, 5.41) is 26.4. The van der Waals surface area contributed by atoms with Crippen molar-refractivity contribution in [2.24, 2.45) is 13.0 Å². The van der Waals surface area contributed by atoms with Crippen molar-refractivity contribution in [2.75, 3.05) is 0 Å². The summed E-state index contributed by atoms with van der Waals surface area (Å²) in [6, 6.07) is 8.02. The Hall–Kier alpha value is -1.39. The first-order valence-electron chi connectivity index (χ1n) is 7.93. The van der Waals surface area contributed by atoms with Gasteiger partial charge in [0.1, 0.15) is 0 Å². The van der Waals surface area contributed by atoms with Crippen LogP contribution in [0.1, 0.15) is 37.8 Å². The van der Waals surface area contributed by atoms with Crippen LogP contribution >= 0.6 is 0 Å². The zero-order chi connectivity index (χ0) is 14.8. The summed E-state index contributed by atoms with van der Waals surface area (Å²) in [5.74, 6) is 0.240. The van der Waals surface area contributed by atoms with Gasteiger partial charge in [0.25, 0.3) is 0 Å². The van der Waals surface area contributed by atoms with E-state index < -0.39 is 12.2 Å². The average molecular weight is 288 g/mol. The Morgan fingerprint density at radius 2 is 1.90 bits per heavy atom. The lowest BCUT2D eigenvalue weighted by Gasteiger charge is -2.29. The fourth-order valence-corrected chi connectivity index (χ4v) is 3.55. The van der Waals surface area contributed by atoms with Crippen LogP contribution < -0.4 is 0 Å².